The zero-order valence-corrected chi connectivity index (χ0v) is 9.93. The van der Waals surface area contributed by atoms with Gasteiger partial charge in [0, 0.05) is 17.4 Å². The first-order chi connectivity index (χ1) is 8.63. The Morgan fingerprint density at radius 2 is 2.11 bits per heavy atom. The van der Waals surface area contributed by atoms with Gasteiger partial charge < -0.3 is 20.9 Å². The summed E-state index contributed by atoms with van der Waals surface area (Å²) in [4.78, 5) is 11.6. The lowest BCUT2D eigenvalue weighted by Crippen LogP contribution is -2.27. The maximum atomic E-state index is 11.6. The summed E-state index contributed by atoms with van der Waals surface area (Å²) >= 11 is 0. The number of rotatable bonds is 3. The van der Waals surface area contributed by atoms with Gasteiger partial charge in [-0.15, -0.1) is 0 Å². The van der Waals surface area contributed by atoms with Crippen molar-refractivity contribution in [3.63, 3.8) is 0 Å². The second kappa shape index (κ2) is 5.22. The molecule has 2 aromatic rings. The van der Waals surface area contributed by atoms with Crippen LogP contribution in [0, 0.1) is 6.92 Å². The molecular formula is C12H14N4O2. The highest BCUT2D eigenvalue weighted by atomic mass is 16.5. The van der Waals surface area contributed by atoms with Crippen molar-refractivity contribution in [1.82, 2.24) is 10.5 Å². The number of carbonyl (C=O) groups excluding carboxylic acids is 1. The van der Waals surface area contributed by atoms with Crippen LogP contribution in [0.15, 0.2) is 34.9 Å². The molecule has 1 aromatic heterocycles. The van der Waals surface area contributed by atoms with Gasteiger partial charge in [0.25, 0.3) is 0 Å². The zero-order chi connectivity index (χ0) is 13.0. The monoisotopic (exact) mass is 246 g/mol. The van der Waals surface area contributed by atoms with E-state index in [0.717, 1.165) is 5.69 Å². The molecule has 0 fully saturated rings. The van der Waals surface area contributed by atoms with Crippen LogP contribution >= 0.6 is 0 Å². The van der Waals surface area contributed by atoms with Gasteiger partial charge in [-0.1, -0.05) is 5.16 Å². The summed E-state index contributed by atoms with van der Waals surface area (Å²) in [5.74, 6) is 0.611. The highest BCUT2D eigenvalue weighted by molar-refractivity contribution is 5.89. The van der Waals surface area contributed by atoms with Gasteiger partial charge in [0.1, 0.15) is 0 Å². The standard InChI is InChI=1S/C12H14N4O2/c1-8-6-11(18-16-8)7-14-12(17)15-10-4-2-9(13)3-5-10/h2-6H,7,13H2,1H3,(H2,14,15,17). The number of nitrogens with one attached hydrogen (secondary N) is 2. The smallest absolute Gasteiger partial charge is 0.319 e. The molecule has 0 bridgehead atoms. The fraction of sp³-hybridized carbons (Fsp3) is 0.167. The highest BCUT2D eigenvalue weighted by Gasteiger charge is 2.04. The van der Waals surface area contributed by atoms with Gasteiger partial charge in [-0.05, 0) is 31.2 Å². The van der Waals surface area contributed by atoms with Crippen LogP contribution in [0.5, 0.6) is 0 Å². The number of nitrogens with two attached hydrogens (primary N) is 1. The maximum Gasteiger partial charge on any atom is 0.319 e. The Morgan fingerprint density at radius 1 is 1.39 bits per heavy atom. The van der Waals surface area contributed by atoms with Crippen LogP contribution in [-0.4, -0.2) is 11.2 Å². The molecule has 1 heterocycles. The zero-order valence-electron chi connectivity index (χ0n) is 9.93. The van der Waals surface area contributed by atoms with Crippen LogP contribution in [0.1, 0.15) is 11.5 Å². The number of hydrogen-bond acceptors (Lipinski definition) is 4. The number of nitrogen functional groups attached to an aromatic ring is 1. The van der Waals surface area contributed by atoms with Gasteiger partial charge in [0.05, 0.1) is 12.2 Å². The number of carbonyl (C=O) groups is 1. The molecule has 2 amide bonds. The molecule has 2 rings (SSSR count). The van der Waals surface area contributed by atoms with Gasteiger partial charge in [-0.25, -0.2) is 4.79 Å². The first-order valence-electron chi connectivity index (χ1n) is 5.46. The summed E-state index contributed by atoms with van der Waals surface area (Å²) in [5, 5.41) is 9.07. The number of benzene rings is 1. The summed E-state index contributed by atoms with van der Waals surface area (Å²) in [7, 11) is 0. The average molecular weight is 246 g/mol. The average Bonchev–Trinajstić information content (AvgIpc) is 2.76. The molecule has 0 aliphatic rings. The third kappa shape index (κ3) is 3.24. The molecule has 4 N–H and O–H groups in total. The summed E-state index contributed by atoms with van der Waals surface area (Å²) in [6.45, 7) is 2.11. The van der Waals surface area contributed by atoms with Crippen molar-refractivity contribution >= 4 is 17.4 Å². The molecule has 0 saturated carbocycles. The molecule has 0 spiro atoms. The first kappa shape index (κ1) is 12.0. The van der Waals surface area contributed by atoms with Crippen molar-refractivity contribution in [2.24, 2.45) is 0 Å². The summed E-state index contributed by atoms with van der Waals surface area (Å²) in [6, 6.07) is 8.35. The lowest BCUT2D eigenvalue weighted by Gasteiger charge is -2.06. The minimum Gasteiger partial charge on any atom is -0.399 e. The van der Waals surface area contributed by atoms with Crippen LogP contribution in [0.4, 0.5) is 16.2 Å². The van der Waals surface area contributed by atoms with E-state index in [-0.39, 0.29) is 6.03 Å². The topological polar surface area (TPSA) is 93.2 Å². The van der Waals surface area contributed by atoms with Crippen molar-refractivity contribution in [3.8, 4) is 0 Å². The van der Waals surface area contributed by atoms with E-state index < -0.39 is 0 Å². The first-order valence-corrected chi connectivity index (χ1v) is 5.46. The van der Waals surface area contributed by atoms with Crippen molar-refractivity contribution in [2.75, 3.05) is 11.1 Å². The van der Waals surface area contributed by atoms with Crippen LogP contribution in [0.3, 0.4) is 0 Å². The fourth-order valence-electron chi connectivity index (χ4n) is 1.41. The van der Waals surface area contributed by atoms with E-state index in [1.807, 2.05) is 6.92 Å². The van der Waals surface area contributed by atoms with E-state index in [9.17, 15) is 4.79 Å². The molecule has 0 unspecified atom stereocenters. The normalized spacial score (nSPS) is 10.1. The third-order valence-electron chi connectivity index (χ3n) is 2.27. The minimum atomic E-state index is -0.311. The summed E-state index contributed by atoms with van der Waals surface area (Å²) in [6.07, 6.45) is 0. The van der Waals surface area contributed by atoms with Crippen LogP contribution in [0.25, 0.3) is 0 Å². The molecule has 0 saturated heterocycles. The Morgan fingerprint density at radius 3 is 2.72 bits per heavy atom. The molecule has 0 aliphatic carbocycles. The van der Waals surface area contributed by atoms with Crippen molar-refractivity contribution in [3.05, 3.63) is 41.8 Å². The van der Waals surface area contributed by atoms with E-state index >= 15 is 0 Å². The van der Waals surface area contributed by atoms with Gasteiger partial charge in [0.2, 0.25) is 0 Å². The van der Waals surface area contributed by atoms with Crippen LogP contribution < -0.4 is 16.4 Å². The van der Waals surface area contributed by atoms with E-state index in [0.29, 0.717) is 23.7 Å². The molecule has 94 valence electrons. The summed E-state index contributed by atoms with van der Waals surface area (Å²) < 4.78 is 4.97. The number of aryl methyl sites for hydroxylation is 1. The lowest BCUT2D eigenvalue weighted by molar-refractivity contribution is 0.250. The fourth-order valence-corrected chi connectivity index (χ4v) is 1.41. The predicted octanol–water partition coefficient (Wildman–Crippen LogP) is 1.89. The molecule has 6 nitrogen and oxygen atoms in total. The number of aromatic nitrogens is 1. The van der Waals surface area contributed by atoms with Gasteiger partial charge in [0.15, 0.2) is 5.76 Å². The number of amides is 2. The van der Waals surface area contributed by atoms with Crippen molar-refractivity contribution in [1.29, 1.82) is 0 Å². The minimum absolute atomic E-state index is 0.293. The Hall–Kier alpha value is -2.50. The second-order valence-electron chi connectivity index (χ2n) is 3.86. The van der Waals surface area contributed by atoms with Crippen LogP contribution in [0.2, 0.25) is 0 Å². The Balaban J connectivity index is 1.83. The highest BCUT2D eigenvalue weighted by Crippen LogP contribution is 2.10. The van der Waals surface area contributed by atoms with Gasteiger partial charge in [-0.3, -0.25) is 0 Å². The quantitative estimate of drug-likeness (QED) is 0.721. The molecule has 6 heteroatoms. The van der Waals surface area contributed by atoms with E-state index in [4.69, 9.17) is 10.3 Å². The van der Waals surface area contributed by atoms with Gasteiger partial charge in [-0.2, -0.15) is 0 Å². The second-order valence-corrected chi connectivity index (χ2v) is 3.86. The number of hydrogen-bond donors (Lipinski definition) is 3. The molecule has 0 radical (unpaired) electrons. The Bertz CT molecular complexity index is 533. The molecular weight excluding hydrogens is 232 g/mol. The molecule has 18 heavy (non-hydrogen) atoms. The van der Waals surface area contributed by atoms with Crippen molar-refractivity contribution < 1.29 is 9.32 Å². The largest absolute Gasteiger partial charge is 0.399 e. The SMILES string of the molecule is Cc1cc(CNC(=O)Nc2ccc(N)cc2)on1. The number of nitrogens with zero attached hydrogens (tertiary/aromatic N) is 1. The van der Waals surface area contributed by atoms with Gasteiger partial charge >= 0.3 is 6.03 Å². The molecule has 1 aromatic carbocycles. The summed E-state index contributed by atoms with van der Waals surface area (Å²) in [5.41, 5.74) is 7.66. The van der Waals surface area contributed by atoms with Crippen LogP contribution in [-0.2, 0) is 6.54 Å². The Kier molecular flexibility index (Phi) is 3.47. The third-order valence-corrected chi connectivity index (χ3v) is 2.27. The van der Waals surface area contributed by atoms with E-state index in [1.54, 1.807) is 30.3 Å². The number of anilines is 2. The molecule has 0 aliphatic heterocycles. The van der Waals surface area contributed by atoms with E-state index in [1.165, 1.54) is 0 Å². The van der Waals surface area contributed by atoms with Crippen molar-refractivity contribution in [2.45, 2.75) is 13.5 Å². The van der Waals surface area contributed by atoms with E-state index in [2.05, 4.69) is 15.8 Å². The predicted molar refractivity (Wildman–Crippen MR) is 68.0 cm³/mol. The Labute approximate surface area is 104 Å². The maximum absolute atomic E-state index is 11.6. The lowest BCUT2D eigenvalue weighted by atomic mass is 10.3. The number of urea groups is 1. The molecule has 0 atom stereocenters.